The van der Waals surface area contributed by atoms with Crippen LogP contribution in [-0.2, 0) is 12.8 Å². The zero-order chi connectivity index (χ0) is 14.9. The Morgan fingerprint density at radius 3 is 2.14 bits per heavy atom. The molecule has 0 aliphatic carbocycles. The van der Waals surface area contributed by atoms with Crippen LogP contribution in [0.1, 0.15) is 31.4 Å². The van der Waals surface area contributed by atoms with E-state index >= 15 is 0 Å². The highest BCUT2D eigenvalue weighted by atomic mass is 16.5. The maximum Gasteiger partial charge on any atom is 0.119 e. The second-order valence-corrected chi connectivity index (χ2v) is 5.10. The molecule has 0 aliphatic heterocycles. The van der Waals surface area contributed by atoms with E-state index in [4.69, 9.17) is 4.74 Å². The summed E-state index contributed by atoms with van der Waals surface area (Å²) in [6.45, 7) is 6.10. The van der Waals surface area contributed by atoms with Gasteiger partial charge in [-0.3, -0.25) is 0 Å². The van der Waals surface area contributed by atoms with Crippen molar-refractivity contribution in [3.8, 4) is 5.75 Å². The van der Waals surface area contributed by atoms with Gasteiger partial charge in [-0.15, -0.1) is 0 Å². The summed E-state index contributed by atoms with van der Waals surface area (Å²) in [6, 6.07) is 16.6. The molecule has 2 aromatic rings. The van der Waals surface area contributed by atoms with Crippen LogP contribution in [0.15, 0.2) is 48.5 Å². The van der Waals surface area contributed by atoms with Gasteiger partial charge in [0.25, 0.3) is 0 Å². The topological polar surface area (TPSA) is 21.3 Å². The van der Waals surface area contributed by atoms with E-state index in [9.17, 15) is 0 Å². The van der Waals surface area contributed by atoms with Crippen molar-refractivity contribution >= 4 is 5.69 Å². The van der Waals surface area contributed by atoms with Crippen molar-refractivity contribution in [2.45, 2.75) is 33.1 Å². The van der Waals surface area contributed by atoms with Crippen molar-refractivity contribution in [1.29, 1.82) is 0 Å². The molecule has 2 heteroatoms. The highest BCUT2D eigenvalue weighted by Gasteiger charge is 2.05. The molecule has 0 saturated heterocycles. The fourth-order valence-corrected chi connectivity index (χ4v) is 2.46. The summed E-state index contributed by atoms with van der Waals surface area (Å²) in [5, 5.41) is 3.59. The smallest absolute Gasteiger partial charge is 0.119 e. The molecule has 2 rings (SSSR count). The number of para-hydroxylation sites is 2. The molecule has 0 atom stereocenters. The molecule has 0 bridgehead atoms. The van der Waals surface area contributed by atoms with Crippen molar-refractivity contribution in [3.63, 3.8) is 0 Å². The summed E-state index contributed by atoms with van der Waals surface area (Å²) < 4.78 is 5.72. The number of aryl methyl sites for hydroxylation is 2. The molecule has 0 unspecified atom stereocenters. The SMILES string of the molecule is CCc1cccc(CC)c1NCCCOc1ccccc1. The lowest BCUT2D eigenvalue weighted by Crippen LogP contribution is -2.10. The van der Waals surface area contributed by atoms with Gasteiger partial charge in [-0.25, -0.2) is 0 Å². The summed E-state index contributed by atoms with van der Waals surface area (Å²) >= 11 is 0. The maximum atomic E-state index is 5.72. The predicted octanol–water partition coefficient (Wildman–Crippen LogP) is 4.69. The molecule has 112 valence electrons. The van der Waals surface area contributed by atoms with Gasteiger partial charge in [0.2, 0.25) is 0 Å². The Hall–Kier alpha value is -1.96. The first-order valence-electron chi connectivity index (χ1n) is 7.87. The molecule has 2 nitrogen and oxygen atoms in total. The van der Waals surface area contributed by atoms with Crippen molar-refractivity contribution in [1.82, 2.24) is 0 Å². The van der Waals surface area contributed by atoms with Gasteiger partial charge in [-0.2, -0.15) is 0 Å². The van der Waals surface area contributed by atoms with Gasteiger partial charge in [-0.05, 0) is 42.5 Å². The Bertz CT molecular complexity index is 514. The maximum absolute atomic E-state index is 5.72. The lowest BCUT2D eigenvalue weighted by Gasteiger charge is -2.15. The van der Waals surface area contributed by atoms with Gasteiger partial charge in [0, 0.05) is 12.2 Å². The highest BCUT2D eigenvalue weighted by molar-refractivity contribution is 5.57. The predicted molar refractivity (Wildman–Crippen MR) is 90.2 cm³/mol. The standard InChI is InChI=1S/C19H25NO/c1-3-16-10-8-11-17(4-2)19(16)20-14-9-15-21-18-12-6-5-7-13-18/h5-8,10-13,20H,3-4,9,14-15H2,1-2H3. The summed E-state index contributed by atoms with van der Waals surface area (Å²) in [7, 11) is 0. The van der Waals surface area contributed by atoms with Gasteiger partial charge >= 0.3 is 0 Å². The summed E-state index contributed by atoms with van der Waals surface area (Å²) in [5.74, 6) is 0.945. The average Bonchev–Trinajstić information content (AvgIpc) is 2.55. The van der Waals surface area contributed by atoms with Crippen LogP contribution in [0.4, 0.5) is 5.69 Å². The largest absolute Gasteiger partial charge is 0.494 e. The van der Waals surface area contributed by atoms with Crippen LogP contribution >= 0.6 is 0 Å². The fourth-order valence-electron chi connectivity index (χ4n) is 2.46. The van der Waals surface area contributed by atoms with E-state index in [-0.39, 0.29) is 0 Å². The minimum Gasteiger partial charge on any atom is -0.494 e. The van der Waals surface area contributed by atoms with Crippen molar-refractivity contribution < 1.29 is 4.74 Å². The van der Waals surface area contributed by atoms with Crippen molar-refractivity contribution in [2.24, 2.45) is 0 Å². The minimum atomic E-state index is 0.743. The first-order chi connectivity index (χ1) is 10.3. The molecule has 1 N–H and O–H groups in total. The van der Waals surface area contributed by atoms with Crippen molar-refractivity contribution in [3.05, 3.63) is 59.7 Å². The molecule has 0 fully saturated rings. The third-order valence-electron chi connectivity index (χ3n) is 3.63. The second kappa shape index (κ2) is 8.35. The van der Waals surface area contributed by atoms with Gasteiger partial charge in [0.05, 0.1) is 6.61 Å². The highest BCUT2D eigenvalue weighted by Crippen LogP contribution is 2.22. The quantitative estimate of drug-likeness (QED) is 0.709. The van der Waals surface area contributed by atoms with Gasteiger partial charge in [0.1, 0.15) is 5.75 Å². The third kappa shape index (κ3) is 4.52. The Morgan fingerprint density at radius 1 is 0.857 bits per heavy atom. The number of benzene rings is 2. The van der Waals surface area contributed by atoms with Crippen LogP contribution in [0.3, 0.4) is 0 Å². The van der Waals surface area contributed by atoms with Gasteiger partial charge in [-0.1, -0.05) is 50.2 Å². The molecule has 0 heterocycles. The van der Waals surface area contributed by atoms with Crippen LogP contribution in [0, 0.1) is 0 Å². The van der Waals surface area contributed by atoms with E-state index in [2.05, 4.69) is 37.4 Å². The first-order valence-corrected chi connectivity index (χ1v) is 7.87. The van der Waals surface area contributed by atoms with Crippen LogP contribution in [0.25, 0.3) is 0 Å². The molecule has 0 saturated carbocycles. The van der Waals surface area contributed by atoms with E-state index in [0.717, 1.165) is 38.2 Å². The molecule has 0 amide bonds. The minimum absolute atomic E-state index is 0.743. The summed E-state index contributed by atoms with van der Waals surface area (Å²) in [4.78, 5) is 0. The van der Waals surface area contributed by atoms with E-state index in [1.165, 1.54) is 16.8 Å². The van der Waals surface area contributed by atoms with E-state index in [0.29, 0.717) is 0 Å². The Morgan fingerprint density at radius 2 is 1.52 bits per heavy atom. The average molecular weight is 283 g/mol. The lowest BCUT2D eigenvalue weighted by molar-refractivity contribution is 0.315. The van der Waals surface area contributed by atoms with Crippen LogP contribution in [-0.4, -0.2) is 13.2 Å². The molecule has 0 aromatic heterocycles. The molecule has 2 aromatic carbocycles. The number of anilines is 1. The van der Waals surface area contributed by atoms with Crippen LogP contribution in [0.5, 0.6) is 5.75 Å². The van der Waals surface area contributed by atoms with E-state index < -0.39 is 0 Å². The zero-order valence-electron chi connectivity index (χ0n) is 13.1. The second-order valence-electron chi connectivity index (χ2n) is 5.10. The zero-order valence-corrected chi connectivity index (χ0v) is 13.1. The van der Waals surface area contributed by atoms with E-state index in [1.54, 1.807) is 0 Å². The lowest BCUT2D eigenvalue weighted by atomic mass is 10.0. The van der Waals surface area contributed by atoms with E-state index in [1.807, 2.05) is 30.3 Å². The number of hydrogen-bond donors (Lipinski definition) is 1. The summed E-state index contributed by atoms with van der Waals surface area (Å²) in [5.41, 5.74) is 4.12. The molecule has 0 aliphatic rings. The Balaban J connectivity index is 1.81. The summed E-state index contributed by atoms with van der Waals surface area (Å²) in [6.07, 6.45) is 3.13. The molecule has 21 heavy (non-hydrogen) atoms. The Labute approximate surface area is 128 Å². The number of rotatable bonds is 8. The monoisotopic (exact) mass is 283 g/mol. The van der Waals surface area contributed by atoms with Gasteiger partial charge in [0.15, 0.2) is 0 Å². The number of ether oxygens (including phenoxy) is 1. The number of hydrogen-bond acceptors (Lipinski definition) is 2. The fraction of sp³-hybridized carbons (Fsp3) is 0.368. The van der Waals surface area contributed by atoms with Crippen LogP contribution < -0.4 is 10.1 Å². The first kappa shape index (κ1) is 15.4. The van der Waals surface area contributed by atoms with Gasteiger partial charge < -0.3 is 10.1 Å². The van der Waals surface area contributed by atoms with Crippen molar-refractivity contribution in [2.75, 3.05) is 18.5 Å². The Kier molecular flexibility index (Phi) is 6.14. The van der Waals surface area contributed by atoms with Crippen LogP contribution in [0.2, 0.25) is 0 Å². The normalized spacial score (nSPS) is 10.4. The molecular formula is C19H25NO. The number of nitrogens with one attached hydrogen (secondary N) is 1. The molecule has 0 radical (unpaired) electrons. The molecule has 0 spiro atoms. The molecular weight excluding hydrogens is 258 g/mol. The third-order valence-corrected chi connectivity index (χ3v) is 3.63.